The summed E-state index contributed by atoms with van der Waals surface area (Å²) in [6.45, 7) is 8.26. The Kier molecular flexibility index (Phi) is 4.62. The van der Waals surface area contributed by atoms with E-state index in [1.54, 1.807) is 0 Å². The van der Waals surface area contributed by atoms with Crippen molar-refractivity contribution in [3.8, 4) is 0 Å². The van der Waals surface area contributed by atoms with Crippen molar-refractivity contribution >= 4 is 22.4 Å². The van der Waals surface area contributed by atoms with Gasteiger partial charge in [0.25, 0.3) is 0 Å². The van der Waals surface area contributed by atoms with E-state index in [0.717, 1.165) is 32.4 Å². The maximum absolute atomic E-state index is 12.8. The fourth-order valence-electron chi connectivity index (χ4n) is 4.48. The molecular formula is C22H29N3O. The summed E-state index contributed by atoms with van der Waals surface area (Å²) in [4.78, 5) is 18.8. The Balaban J connectivity index is 1.75. The first-order valence-electron chi connectivity index (χ1n) is 9.97. The number of aromatic nitrogens is 1. The molecule has 4 rings (SSSR count). The molecule has 2 heterocycles. The number of nitrogens with zero attached hydrogens (tertiary/aromatic N) is 1. The van der Waals surface area contributed by atoms with E-state index in [0.29, 0.717) is 6.04 Å². The van der Waals surface area contributed by atoms with Crippen LogP contribution in [0.25, 0.3) is 16.5 Å². The highest BCUT2D eigenvalue weighted by Crippen LogP contribution is 2.41. The summed E-state index contributed by atoms with van der Waals surface area (Å²) in [7, 11) is 0. The highest BCUT2D eigenvalue weighted by Gasteiger charge is 2.36. The maximum Gasteiger partial charge on any atom is 0.228 e. The molecule has 1 aliphatic carbocycles. The minimum atomic E-state index is -0.0717. The van der Waals surface area contributed by atoms with Crippen molar-refractivity contribution in [3.05, 3.63) is 41.6 Å². The molecule has 1 amide bonds. The van der Waals surface area contributed by atoms with Gasteiger partial charge in [0.15, 0.2) is 0 Å². The lowest BCUT2D eigenvalue weighted by Gasteiger charge is -2.41. The lowest BCUT2D eigenvalue weighted by Crippen LogP contribution is -2.49. The summed E-state index contributed by atoms with van der Waals surface area (Å²) in [6, 6.07) is 7.09. The fourth-order valence-corrected chi connectivity index (χ4v) is 4.48. The summed E-state index contributed by atoms with van der Waals surface area (Å²) in [5.41, 5.74) is 5.25. The van der Waals surface area contributed by atoms with Crippen LogP contribution in [0.5, 0.6) is 0 Å². The summed E-state index contributed by atoms with van der Waals surface area (Å²) in [6.07, 6.45) is 7.51. The van der Waals surface area contributed by atoms with E-state index in [2.05, 4.69) is 66.4 Å². The molecule has 0 radical (unpaired) electrons. The van der Waals surface area contributed by atoms with Crippen LogP contribution in [0.2, 0.25) is 0 Å². The van der Waals surface area contributed by atoms with Gasteiger partial charge < -0.3 is 10.3 Å². The molecule has 3 atom stereocenters. The van der Waals surface area contributed by atoms with Gasteiger partial charge in [-0.25, -0.2) is 0 Å². The Morgan fingerprint density at radius 3 is 3.00 bits per heavy atom. The van der Waals surface area contributed by atoms with Crippen molar-refractivity contribution in [1.29, 1.82) is 0 Å². The molecule has 0 fully saturated rings. The molecule has 138 valence electrons. The topological polar surface area (TPSA) is 48.1 Å². The Morgan fingerprint density at radius 2 is 2.23 bits per heavy atom. The second-order valence-corrected chi connectivity index (χ2v) is 7.80. The van der Waals surface area contributed by atoms with Gasteiger partial charge >= 0.3 is 0 Å². The molecule has 4 heteroatoms. The summed E-state index contributed by atoms with van der Waals surface area (Å²) in [5, 5.41) is 4.52. The zero-order valence-corrected chi connectivity index (χ0v) is 16.0. The van der Waals surface area contributed by atoms with E-state index in [1.807, 2.05) is 0 Å². The van der Waals surface area contributed by atoms with Crippen molar-refractivity contribution in [2.45, 2.75) is 52.1 Å². The van der Waals surface area contributed by atoms with Crippen LogP contribution in [-0.2, 0) is 11.2 Å². The zero-order valence-electron chi connectivity index (χ0n) is 16.0. The van der Waals surface area contributed by atoms with Gasteiger partial charge in [-0.05, 0) is 55.5 Å². The molecule has 2 aromatic rings. The van der Waals surface area contributed by atoms with Crippen LogP contribution in [0.15, 0.2) is 30.5 Å². The third-order valence-electron chi connectivity index (χ3n) is 5.97. The monoisotopic (exact) mass is 351 g/mol. The van der Waals surface area contributed by atoms with E-state index < -0.39 is 0 Å². The normalized spacial score (nSPS) is 23.4. The number of fused-ring (bicyclic) bond motifs is 2. The molecule has 0 saturated carbocycles. The van der Waals surface area contributed by atoms with Crippen LogP contribution in [0.1, 0.15) is 44.7 Å². The molecule has 0 unspecified atom stereocenters. The van der Waals surface area contributed by atoms with Gasteiger partial charge in [0.05, 0.1) is 5.92 Å². The average molecular weight is 351 g/mol. The number of hydrogen-bond acceptors (Lipinski definition) is 2. The van der Waals surface area contributed by atoms with Gasteiger partial charge in [0.2, 0.25) is 5.91 Å². The Bertz CT molecular complexity index is 850. The average Bonchev–Trinajstić information content (AvgIpc) is 3.06. The van der Waals surface area contributed by atoms with Crippen molar-refractivity contribution in [3.63, 3.8) is 0 Å². The van der Waals surface area contributed by atoms with E-state index >= 15 is 0 Å². The van der Waals surface area contributed by atoms with Gasteiger partial charge in [-0.15, -0.1) is 0 Å². The number of benzene rings is 1. The number of rotatable bonds is 5. The first kappa shape index (κ1) is 17.3. The molecule has 1 aromatic heterocycles. The second-order valence-electron chi connectivity index (χ2n) is 7.80. The molecule has 1 aromatic carbocycles. The molecule has 0 spiro atoms. The van der Waals surface area contributed by atoms with Crippen molar-refractivity contribution in [2.24, 2.45) is 5.92 Å². The fraction of sp³-hybridized carbons (Fsp3) is 0.500. The van der Waals surface area contributed by atoms with Gasteiger partial charge in [-0.2, -0.15) is 0 Å². The SMILES string of the molecule is CCCN1C[C@@H](C(=O)N[C@H](C)CC)C=C2c3cccc4[nH]cc(c34)C[C@H]21. The number of hydrogen-bond donors (Lipinski definition) is 2. The van der Waals surface area contributed by atoms with Crippen LogP contribution in [0, 0.1) is 5.92 Å². The predicted molar refractivity (Wildman–Crippen MR) is 107 cm³/mol. The molecule has 4 nitrogen and oxygen atoms in total. The molecule has 0 saturated heterocycles. The van der Waals surface area contributed by atoms with Crippen LogP contribution < -0.4 is 5.32 Å². The number of carbonyl (C=O) groups is 1. The van der Waals surface area contributed by atoms with E-state index in [-0.39, 0.29) is 17.9 Å². The molecule has 2 aliphatic rings. The summed E-state index contributed by atoms with van der Waals surface area (Å²) >= 11 is 0. The van der Waals surface area contributed by atoms with Crippen LogP contribution in [0.4, 0.5) is 0 Å². The smallest absolute Gasteiger partial charge is 0.228 e. The molecule has 2 N–H and O–H groups in total. The van der Waals surface area contributed by atoms with E-state index in [1.165, 1.54) is 27.6 Å². The van der Waals surface area contributed by atoms with E-state index in [9.17, 15) is 4.79 Å². The lowest BCUT2D eigenvalue weighted by atomic mass is 9.79. The minimum absolute atomic E-state index is 0.0717. The Labute approximate surface area is 155 Å². The number of H-pyrrole nitrogens is 1. The van der Waals surface area contributed by atoms with Crippen molar-refractivity contribution < 1.29 is 4.79 Å². The van der Waals surface area contributed by atoms with Gasteiger partial charge in [-0.3, -0.25) is 9.69 Å². The lowest BCUT2D eigenvalue weighted by molar-refractivity contribution is -0.125. The predicted octanol–water partition coefficient (Wildman–Crippen LogP) is 3.73. The second kappa shape index (κ2) is 6.92. The van der Waals surface area contributed by atoms with Gasteiger partial charge in [0.1, 0.15) is 0 Å². The quantitative estimate of drug-likeness (QED) is 0.862. The van der Waals surface area contributed by atoms with Gasteiger partial charge in [0, 0.05) is 35.7 Å². The standard InChI is InChI=1S/C22H29N3O/c1-4-9-25-13-16(22(26)24-14(3)5-2)10-18-17-7-6-8-19-21(17)15(12-23-19)11-20(18)25/h6-8,10,12,14,16,20,23H,4-5,9,11,13H2,1-3H3,(H,24,26)/t14-,16+,20-/m1/s1. The number of aromatic amines is 1. The number of amides is 1. The molecular weight excluding hydrogens is 322 g/mol. The summed E-state index contributed by atoms with van der Waals surface area (Å²) in [5.74, 6) is 0.0935. The van der Waals surface area contributed by atoms with Crippen molar-refractivity contribution in [2.75, 3.05) is 13.1 Å². The summed E-state index contributed by atoms with van der Waals surface area (Å²) < 4.78 is 0. The number of carbonyl (C=O) groups excluding carboxylic acids is 1. The molecule has 1 aliphatic heterocycles. The van der Waals surface area contributed by atoms with E-state index in [4.69, 9.17) is 0 Å². The number of nitrogens with one attached hydrogen (secondary N) is 2. The zero-order chi connectivity index (χ0) is 18.3. The molecule has 26 heavy (non-hydrogen) atoms. The highest BCUT2D eigenvalue weighted by atomic mass is 16.2. The first-order chi connectivity index (χ1) is 12.6. The highest BCUT2D eigenvalue weighted by molar-refractivity contribution is 5.99. The largest absolute Gasteiger partial charge is 0.361 e. The Hall–Kier alpha value is -2.07. The van der Waals surface area contributed by atoms with Gasteiger partial charge in [-0.1, -0.05) is 32.1 Å². The van der Waals surface area contributed by atoms with Crippen LogP contribution >= 0.6 is 0 Å². The third-order valence-corrected chi connectivity index (χ3v) is 5.97. The Morgan fingerprint density at radius 1 is 1.38 bits per heavy atom. The maximum atomic E-state index is 12.8. The minimum Gasteiger partial charge on any atom is -0.361 e. The first-order valence-corrected chi connectivity index (χ1v) is 9.97. The van der Waals surface area contributed by atoms with Crippen LogP contribution in [0.3, 0.4) is 0 Å². The molecule has 0 bridgehead atoms. The van der Waals surface area contributed by atoms with Crippen LogP contribution in [-0.4, -0.2) is 41.0 Å². The van der Waals surface area contributed by atoms with Crippen molar-refractivity contribution in [1.82, 2.24) is 15.2 Å². The third kappa shape index (κ3) is 2.86.